The van der Waals surface area contributed by atoms with E-state index in [2.05, 4.69) is 5.32 Å². The Morgan fingerprint density at radius 2 is 1.61 bits per heavy atom. The van der Waals surface area contributed by atoms with Gasteiger partial charge in [-0.3, -0.25) is 4.79 Å². The number of hydrogen-bond donors (Lipinski definition) is 1. The van der Waals surface area contributed by atoms with Crippen molar-refractivity contribution in [1.82, 2.24) is 0 Å². The van der Waals surface area contributed by atoms with E-state index in [1.54, 1.807) is 6.07 Å². The molecule has 0 fully saturated rings. The van der Waals surface area contributed by atoms with Crippen LogP contribution in [0.2, 0.25) is 0 Å². The predicted molar refractivity (Wildman–Crippen MR) is 95.9 cm³/mol. The smallest absolute Gasteiger partial charge is 0.322 e. The molecule has 0 saturated carbocycles. The minimum absolute atomic E-state index is 0.131. The molecule has 2 nitrogen and oxygen atoms in total. The minimum Gasteiger partial charge on any atom is -0.322 e. The molecule has 0 aliphatic heterocycles. The zero-order valence-electron chi connectivity index (χ0n) is 14.6. The number of alkyl halides is 3. The van der Waals surface area contributed by atoms with Gasteiger partial charge in [-0.15, -0.1) is 0 Å². The number of hydrogen-bond acceptors (Lipinski definition) is 1. The van der Waals surface area contributed by atoms with Crippen molar-refractivity contribution in [2.75, 3.05) is 5.32 Å². The molecule has 3 aromatic carbocycles. The van der Waals surface area contributed by atoms with Crippen LogP contribution in [0, 0.1) is 18.6 Å². The molecule has 0 saturated heterocycles. The highest BCUT2D eigenvalue weighted by Gasteiger charge is 2.31. The van der Waals surface area contributed by atoms with Crippen LogP contribution in [-0.4, -0.2) is 5.91 Å². The Kier molecular flexibility index (Phi) is 5.18. The fraction of sp³-hybridized carbons (Fsp3) is 0.0952. The van der Waals surface area contributed by atoms with Gasteiger partial charge in [0.05, 0.1) is 11.1 Å². The van der Waals surface area contributed by atoms with Gasteiger partial charge < -0.3 is 5.32 Å². The number of amides is 1. The van der Waals surface area contributed by atoms with Gasteiger partial charge in [-0.1, -0.05) is 24.3 Å². The molecule has 0 radical (unpaired) electrons. The van der Waals surface area contributed by atoms with Gasteiger partial charge in [0.2, 0.25) is 0 Å². The van der Waals surface area contributed by atoms with Crippen molar-refractivity contribution in [2.24, 2.45) is 0 Å². The molecule has 144 valence electrons. The summed E-state index contributed by atoms with van der Waals surface area (Å²) in [7, 11) is 0. The molecule has 0 aromatic heterocycles. The Morgan fingerprint density at radius 3 is 2.25 bits per heavy atom. The van der Waals surface area contributed by atoms with Crippen molar-refractivity contribution in [3.8, 4) is 11.1 Å². The van der Waals surface area contributed by atoms with E-state index in [9.17, 15) is 26.7 Å². The van der Waals surface area contributed by atoms with Crippen LogP contribution in [0.15, 0.2) is 60.7 Å². The maximum Gasteiger partial charge on any atom is 0.416 e. The Hall–Kier alpha value is -3.22. The first-order valence-corrected chi connectivity index (χ1v) is 8.20. The third-order valence-corrected chi connectivity index (χ3v) is 4.18. The van der Waals surface area contributed by atoms with E-state index in [4.69, 9.17) is 0 Å². The number of benzene rings is 3. The third kappa shape index (κ3) is 4.03. The standard InChI is InChI=1S/C21H14F5NO/c1-12-3-2-4-16(19(12)23)20(28)27-15-8-5-13(6-9-15)17-11-14(21(24,25)26)7-10-18(17)22/h2-11H,1H3,(H,27,28). The first-order chi connectivity index (χ1) is 13.2. The average Bonchev–Trinajstić information content (AvgIpc) is 2.64. The molecule has 3 aromatic rings. The van der Waals surface area contributed by atoms with E-state index in [-0.39, 0.29) is 16.7 Å². The highest BCUT2D eigenvalue weighted by atomic mass is 19.4. The molecule has 0 heterocycles. The lowest BCUT2D eigenvalue weighted by atomic mass is 10.0. The largest absolute Gasteiger partial charge is 0.416 e. The summed E-state index contributed by atoms with van der Waals surface area (Å²) in [5.41, 5.74) is -0.477. The molecule has 0 unspecified atom stereocenters. The topological polar surface area (TPSA) is 29.1 Å². The van der Waals surface area contributed by atoms with Gasteiger partial charge in [0.15, 0.2) is 0 Å². The first-order valence-electron chi connectivity index (χ1n) is 8.20. The Balaban J connectivity index is 1.84. The van der Waals surface area contributed by atoms with Crippen LogP contribution in [0.3, 0.4) is 0 Å². The fourth-order valence-corrected chi connectivity index (χ4v) is 2.68. The molecule has 0 spiro atoms. The van der Waals surface area contributed by atoms with Crippen molar-refractivity contribution < 1.29 is 26.7 Å². The predicted octanol–water partition coefficient (Wildman–Crippen LogP) is 6.21. The highest BCUT2D eigenvalue weighted by Crippen LogP contribution is 2.34. The number of anilines is 1. The van der Waals surface area contributed by atoms with Gasteiger partial charge >= 0.3 is 6.18 Å². The molecule has 3 rings (SSSR count). The van der Waals surface area contributed by atoms with Gasteiger partial charge in [0.25, 0.3) is 5.91 Å². The molecule has 0 bridgehead atoms. The first kappa shape index (κ1) is 19.5. The maximum absolute atomic E-state index is 14.0. The number of carbonyl (C=O) groups is 1. The van der Waals surface area contributed by atoms with Gasteiger partial charge in [0, 0.05) is 11.3 Å². The van der Waals surface area contributed by atoms with Crippen LogP contribution in [0.5, 0.6) is 0 Å². The SMILES string of the molecule is Cc1cccc(C(=O)Nc2ccc(-c3cc(C(F)(F)F)ccc3F)cc2)c1F. The van der Waals surface area contributed by atoms with Crippen LogP contribution in [0.1, 0.15) is 21.5 Å². The summed E-state index contributed by atoms with van der Waals surface area (Å²) in [6.07, 6.45) is -4.59. The average molecular weight is 391 g/mol. The van der Waals surface area contributed by atoms with Crippen molar-refractivity contribution in [3.63, 3.8) is 0 Å². The molecule has 0 aliphatic carbocycles. The zero-order valence-corrected chi connectivity index (χ0v) is 14.6. The van der Waals surface area contributed by atoms with Crippen LogP contribution in [0.25, 0.3) is 11.1 Å². The van der Waals surface area contributed by atoms with Gasteiger partial charge in [0.1, 0.15) is 11.6 Å². The Morgan fingerprint density at radius 1 is 0.929 bits per heavy atom. The molecule has 1 N–H and O–H groups in total. The van der Waals surface area contributed by atoms with Crippen molar-refractivity contribution in [2.45, 2.75) is 13.1 Å². The zero-order chi connectivity index (χ0) is 20.5. The number of nitrogens with one attached hydrogen (secondary N) is 1. The van der Waals surface area contributed by atoms with E-state index in [0.29, 0.717) is 17.3 Å². The molecule has 7 heteroatoms. The molecular weight excluding hydrogens is 377 g/mol. The number of rotatable bonds is 3. The third-order valence-electron chi connectivity index (χ3n) is 4.18. The number of carbonyl (C=O) groups excluding carboxylic acids is 1. The molecule has 28 heavy (non-hydrogen) atoms. The van der Waals surface area contributed by atoms with E-state index < -0.39 is 29.3 Å². The number of halogens is 5. The van der Waals surface area contributed by atoms with Crippen LogP contribution >= 0.6 is 0 Å². The maximum atomic E-state index is 14.0. The Labute approximate surface area is 157 Å². The summed E-state index contributed by atoms with van der Waals surface area (Å²) >= 11 is 0. The van der Waals surface area contributed by atoms with Gasteiger partial charge in [-0.25, -0.2) is 8.78 Å². The van der Waals surface area contributed by atoms with Gasteiger partial charge in [-0.2, -0.15) is 13.2 Å². The quantitative estimate of drug-likeness (QED) is 0.529. The molecule has 1 amide bonds. The summed E-state index contributed by atoms with van der Waals surface area (Å²) in [4.78, 5) is 12.2. The van der Waals surface area contributed by atoms with E-state index >= 15 is 0 Å². The van der Waals surface area contributed by atoms with E-state index in [1.807, 2.05) is 0 Å². The fourth-order valence-electron chi connectivity index (χ4n) is 2.68. The van der Waals surface area contributed by atoms with Crippen LogP contribution in [-0.2, 0) is 6.18 Å². The lowest BCUT2D eigenvalue weighted by molar-refractivity contribution is -0.137. The summed E-state index contributed by atoms with van der Waals surface area (Å²) in [5, 5.41) is 2.50. The summed E-state index contributed by atoms with van der Waals surface area (Å²) in [6.45, 7) is 1.53. The molecular formula is C21H14F5NO. The molecule has 0 aliphatic rings. The Bertz CT molecular complexity index is 1030. The monoisotopic (exact) mass is 391 g/mol. The summed E-state index contributed by atoms with van der Waals surface area (Å²) in [6, 6.07) is 12.1. The second kappa shape index (κ2) is 7.42. The lowest BCUT2D eigenvalue weighted by Gasteiger charge is -2.11. The summed E-state index contributed by atoms with van der Waals surface area (Å²) in [5.74, 6) is -2.10. The second-order valence-electron chi connectivity index (χ2n) is 6.16. The lowest BCUT2D eigenvalue weighted by Crippen LogP contribution is -2.14. The number of aryl methyl sites for hydroxylation is 1. The van der Waals surface area contributed by atoms with Crippen molar-refractivity contribution in [3.05, 3.63) is 89.0 Å². The van der Waals surface area contributed by atoms with Crippen molar-refractivity contribution in [1.29, 1.82) is 0 Å². The van der Waals surface area contributed by atoms with E-state index in [1.165, 1.54) is 43.3 Å². The van der Waals surface area contributed by atoms with Crippen LogP contribution in [0.4, 0.5) is 27.6 Å². The highest BCUT2D eigenvalue weighted by molar-refractivity contribution is 6.04. The minimum atomic E-state index is -4.59. The van der Waals surface area contributed by atoms with Crippen LogP contribution < -0.4 is 5.32 Å². The normalized spacial score (nSPS) is 11.4. The second-order valence-corrected chi connectivity index (χ2v) is 6.16. The summed E-state index contributed by atoms with van der Waals surface area (Å²) < 4.78 is 66.5. The molecule has 0 atom stereocenters. The van der Waals surface area contributed by atoms with Gasteiger partial charge in [-0.05, 0) is 54.4 Å². The van der Waals surface area contributed by atoms with E-state index in [0.717, 1.165) is 12.1 Å². The van der Waals surface area contributed by atoms with Crippen molar-refractivity contribution >= 4 is 11.6 Å².